The summed E-state index contributed by atoms with van der Waals surface area (Å²) in [6.45, 7) is 4.47. The molecule has 2 aromatic rings. The first-order valence-electron chi connectivity index (χ1n) is 6.38. The second-order valence-electron chi connectivity index (χ2n) is 4.88. The van der Waals surface area contributed by atoms with Crippen molar-refractivity contribution in [3.63, 3.8) is 0 Å². The molecule has 0 amide bonds. The summed E-state index contributed by atoms with van der Waals surface area (Å²) in [5.74, 6) is 0.623. The van der Waals surface area contributed by atoms with E-state index in [0.29, 0.717) is 5.92 Å². The predicted molar refractivity (Wildman–Crippen MR) is 74.4 cm³/mol. The van der Waals surface area contributed by atoms with Crippen LogP contribution < -0.4 is 0 Å². The molecular weight excluding hydrogens is 204 g/mol. The summed E-state index contributed by atoms with van der Waals surface area (Å²) in [7, 11) is 0. The number of aryl methyl sites for hydroxylation is 2. The van der Waals surface area contributed by atoms with Crippen molar-refractivity contribution >= 4 is 0 Å². The molecule has 0 bridgehead atoms. The van der Waals surface area contributed by atoms with E-state index in [2.05, 4.69) is 68.4 Å². The first kappa shape index (κ1) is 11.9. The fourth-order valence-electron chi connectivity index (χ4n) is 2.00. The van der Waals surface area contributed by atoms with E-state index in [0.717, 1.165) is 12.8 Å². The van der Waals surface area contributed by atoms with Crippen LogP contribution in [0.1, 0.15) is 36.5 Å². The molecule has 2 rings (SSSR count). The Morgan fingerprint density at radius 1 is 0.706 bits per heavy atom. The van der Waals surface area contributed by atoms with E-state index in [9.17, 15) is 0 Å². The molecule has 0 aliphatic rings. The van der Waals surface area contributed by atoms with Gasteiger partial charge in [-0.25, -0.2) is 0 Å². The second-order valence-corrected chi connectivity index (χ2v) is 4.88. The fraction of sp³-hybridized carbons (Fsp3) is 0.294. The molecule has 0 saturated carbocycles. The highest BCUT2D eigenvalue weighted by Gasteiger charge is 1.99. The number of hydrogen-bond acceptors (Lipinski definition) is 0. The van der Waals surface area contributed by atoms with Crippen LogP contribution in [0.4, 0.5) is 0 Å². The summed E-state index contributed by atoms with van der Waals surface area (Å²) >= 11 is 0. The molecule has 2 aromatic carbocycles. The molecule has 88 valence electrons. The summed E-state index contributed by atoms with van der Waals surface area (Å²) < 4.78 is 0. The third kappa shape index (κ3) is 3.45. The van der Waals surface area contributed by atoms with Gasteiger partial charge in [-0.1, -0.05) is 68.4 Å². The average Bonchev–Trinajstić information content (AvgIpc) is 2.38. The van der Waals surface area contributed by atoms with Crippen molar-refractivity contribution in [3.8, 4) is 0 Å². The van der Waals surface area contributed by atoms with Gasteiger partial charge in [0.1, 0.15) is 0 Å². The van der Waals surface area contributed by atoms with Crippen LogP contribution in [0.15, 0.2) is 54.6 Å². The van der Waals surface area contributed by atoms with Crippen molar-refractivity contribution < 1.29 is 0 Å². The lowest BCUT2D eigenvalue weighted by molar-refractivity contribution is 0.863. The Balaban J connectivity index is 1.96. The molecule has 0 aromatic heterocycles. The molecule has 0 spiro atoms. The Hall–Kier alpha value is -1.56. The highest BCUT2D eigenvalue weighted by molar-refractivity contribution is 5.26. The molecule has 0 unspecified atom stereocenters. The molecule has 0 saturated heterocycles. The van der Waals surface area contributed by atoms with Crippen LogP contribution in [-0.2, 0) is 12.8 Å². The van der Waals surface area contributed by atoms with Crippen molar-refractivity contribution in [2.45, 2.75) is 32.6 Å². The quantitative estimate of drug-likeness (QED) is 0.712. The zero-order valence-corrected chi connectivity index (χ0v) is 10.7. The molecule has 0 fully saturated rings. The van der Waals surface area contributed by atoms with Gasteiger partial charge in [-0.15, -0.1) is 0 Å². The van der Waals surface area contributed by atoms with Gasteiger partial charge >= 0.3 is 0 Å². The molecule has 0 N–H and O–H groups in total. The minimum atomic E-state index is 0.623. The average molecular weight is 224 g/mol. The minimum absolute atomic E-state index is 0.623. The van der Waals surface area contributed by atoms with Gasteiger partial charge in [-0.3, -0.25) is 0 Å². The molecule has 0 atom stereocenters. The van der Waals surface area contributed by atoms with Crippen molar-refractivity contribution in [2.75, 3.05) is 0 Å². The van der Waals surface area contributed by atoms with Crippen LogP contribution in [0.2, 0.25) is 0 Å². The van der Waals surface area contributed by atoms with Gasteiger partial charge in [0.25, 0.3) is 0 Å². The summed E-state index contributed by atoms with van der Waals surface area (Å²) in [5, 5.41) is 0. The maximum atomic E-state index is 2.26. The Morgan fingerprint density at radius 3 is 1.76 bits per heavy atom. The largest absolute Gasteiger partial charge is 0.0622 e. The molecular formula is C17H20. The maximum absolute atomic E-state index is 2.26. The van der Waals surface area contributed by atoms with Crippen molar-refractivity contribution in [1.29, 1.82) is 0 Å². The molecule has 17 heavy (non-hydrogen) atoms. The molecule has 0 aliphatic carbocycles. The standard InChI is InChI=1S/C17H20/c1-14(2)17-12-10-16(11-13-17)9-8-15-6-4-3-5-7-15/h3-7,10-14H,8-9H2,1-2H3. The maximum Gasteiger partial charge on any atom is -0.0219 e. The molecule has 0 heteroatoms. The van der Waals surface area contributed by atoms with E-state index in [1.165, 1.54) is 16.7 Å². The highest BCUT2D eigenvalue weighted by atomic mass is 14.0. The summed E-state index contributed by atoms with van der Waals surface area (Å²) in [4.78, 5) is 0. The number of rotatable bonds is 4. The number of benzene rings is 2. The van der Waals surface area contributed by atoms with Crippen molar-refractivity contribution in [3.05, 3.63) is 71.3 Å². The van der Waals surface area contributed by atoms with E-state index in [1.54, 1.807) is 0 Å². The van der Waals surface area contributed by atoms with E-state index >= 15 is 0 Å². The second kappa shape index (κ2) is 5.67. The Labute approximate surface area is 104 Å². The summed E-state index contributed by atoms with van der Waals surface area (Å²) in [5.41, 5.74) is 4.27. The first-order valence-corrected chi connectivity index (χ1v) is 6.38. The lowest BCUT2D eigenvalue weighted by Gasteiger charge is -2.07. The van der Waals surface area contributed by atoms with Crippen LogP contribution in [-0.4, -0.2) is 0 Å². The summed E-state index contributed by atoms with van der Waals surface area (Å²) in [6, 6.07) is 19.7. The van der Waals surface area contributed by atoms with Gasteiger partial charge in [0.2, 0.25) is 0 Å². The smallest absolute Gasteiger partial charge is 0.0219 e. The molecule has 0 aliphatic heterocycles. The normalized spacial score (nSPS) is 10.8. The van der Waals surface area contributed by atoms with Gasteiger partial charge in [-0.05, 0) is 35.4 Å². The Kier molecular flexibility index (Phi) is 3.98. The van der Waals surface area contributed by atoms with Gasteiger partial charge in [0.05, 0.1) is 0 Å². The zero-order chi connectivity index (χ0) is 12.1. The van der Waals surface area contributed by atoms with E-state index in [4.69, 9.17) is 0 Å². The van der Waals surface area contributed by atoms with Gasteiger partial charge in [0, 0.05) is 0 Å². The van der Waals surface area contributed by atoms with E-state index in [-0.39, 0.29) is 0 Å². The first-order chi connectivity index (χ1) is 8.25. The molecule has 0 nitrogen and oxygen atoms in total. The fourth-order valence-corrected chi connectivity index (χ4v) is 2.00. The van der Waals surface area contributed by atoms with Gasteiger partial charge in [0.15, 0.2) is 0 Å². The van der Waals surface area contributed by atoms with Crippen LogP contribution >= 0.6 is 0 Å². The third-order valence-electron chi connectivity index (χ3n) is 3.19. The lowest BCUT2D eigenvalue weighted by Crippen LogP contribution is -1.92. The number of hydrogen-bond donors (Lipinski definition) is 0. The van der Waals surface area contributed by atoms with Gasteiger partial charge < -0.3 is 0 Å². The van der Waals surface area contributed by atoms with E-state index < -0.39 is 0 Å². The van der Waals surface area contributed by atoms with Crippen LogP contribution in [0.5, 0.6) is 0 Å². The topological polar surface area (TPSA) is 0 Å². The van der Waals surface area contributed by atoms with Crippen molar-refractivity contribution in [2.24, 2.45) is 0 Å². The predicted octanol–water partition coefficient (Wildman–Crippen LogP) is 4.60. The highest BCUT2D eigenvalue weighted by Crippen LogP contribution is 2.15. The van der Waals surface area contributed by atoms with Crippen molar-refractivity contribution in [1.82, 2.24) is 0 Å². The van der Waals surface area contributed by atoms with Crippen LogP contribution in [0, 0.1) is 0 Å². The van der Waals surface area contributed by atoms with E-state index in [1.807, 2.05) is 0 Å². The minimum Gasteiger partial charge on any atom is -0.0622 e. The third-order valence-corrected chi connectivity index (χ3v) is 3.19. The Bertz CT molecular complexity index is 437. The SMILES string of the molecule is CC(C)c1ccc(CCc2ccccc2)cc1. The molecule has 0 radical (unpaired) electrons. The zero-order valence-electron chi connectivity index (χ0n) is 10.7. The van der Waals surface area contributed by atoms with Crippen LogP contribution in [0.3, 0.4) is 0 Å². The monoisotopic (exact) mass is 224 g/mol. The molecule has 0 heterocycles. The summed E-state index contributed by atoms with van der Waals surface area (Å²) in [6.07, 6.45) is 2.25. The van der Waals surface area contributed by atoms with Crippen LogP contribution in [0.25, 0.3) is 0 Å². The lowest BCUT2D eigenvalue weighted by atomic mass is 9.99. The van der Waals surface area contributed by atoms with Gasteiger partial charge in [-0.2, -0.15) is 0 Å². The Morgan fingerprint density at radius 2 is 1.24 bits per heavy atom.